The van der Waals surface area contributed by atoms with Crippen molar-refractivity contribution in [1.29, 1.82) is 0 Å². The summed E-state index contributed by atoms with van der Waals surface area (Å²) in [6, 6.07) is 0. The molecule has 0 saturated carbocycles. The average Bonchev–Trinajstić information content (AvgIpc) is 2.55. The van der Waals surface area contributed by atoms with Gasteiger partial charge in [0.05, 0.1) is 0 Å². The number of esters is 1. The third-order valence-corrected chi connectivity index (χ3v) is 2.48. The molecule has 4 heteroatoms. The van der Waals surface area contributed by atoms with E-state index in [0.717, 1.165) is 11.4 Å². The third kappa shape index (κ3) is 1.26. The lowest BCUT2D eigenvalue weighted by molar-refractivity contribution is -0.141. The number of cyclic esters (lactones) is 1. The fraction of sp³-hybridized carbons (Fsp3) is 0.429. The fourth-order valence-electron chi connectivity index (χ4n) is 1.09. The molecule has 1 aromatic heterocycles. The highest BCUT2D eigenvalue weighted by Gasteiger charge is 2.26. The number of thiazole rings is 1. The summed E-state index contributed by atoms with van der Waals surface area (Å²) >= 11 is 1.53. The predicted molar refractivity (Wildman–Crippen MR) is 40.2 cm³/mol. The minimum atomic E-state index is -0.106. The highest BCUT2D eigenvalue weighted by Crippen LogP contribution is 2.30. The molecule has 2 rings (SSSR count). The Balaban J connectivity index is 2.13. The summed E-state index contributed by atoms with van der Waals surface area (Å²) in [6.07, 6.45) is 2.98. The zero-order valence-electron chi connectivity index (χ0n) is 5.82. The Hall–Kier alpha value is -0.900. The van der Waals surface area contributed by atoms with Crippen molar-refractivity contribution in [2.45, 2.75) is 18.9 Å². The van der Waals surface area contributed by atoms with E-state index < -0.39 is 0 Å². The van der Waals surface area contributed by atoms with Crippen molar-refractivity contribution >= 4 is 17.3 Å². The predicted octanol–water partition coefficient (Wildman–Crippen LogP) is 1.52. The van der Waals surface area contributed by atoms with E-state index in [9.17, 15) is 4.79 Å². The summed E-state index contributed by atoms with van der Waals surface area (Å²) < 4.78 is 5.01. The molecule has 1 atom stereocenters. The Labute approximate surface area is 68.0 Å². The summed E-state index contributed by atoms with van der Waals surface area (Å²) in [6.45, 7) is 0. The first-order chi connectivity index (χ1) is 5.36. The number of carbonyl (C=O) groups is 1. The second-order valence-corrected chi connectivity index (χ2v) is 3.31. The van der Waals surface area contributed by atoms with Gasteiger partial charge in [-0.15, -0.1) is 11.3 Å². The molecule has 0 spiro atoms. The Morgan fingerprint density at radius 2 is 2.64 bits per heavy atom. The van der Waals surface area contributed by atoms with Gasteiger partial charge in [-0.1, -0.05) is 0 Å². The molecule has 0 aromatic carbocycles. The standard InChI is InChI=1S/C7H7NO2S/c9-6-2-1-5(10-6)7-8-3-4-11-7/h3-5H,1-2H2/t5-/m0/s1. The van der Waals surface area contributed by atoms with Crippen LogP contribution >= 0.6 is 11.3 Å². The van der Waals surface area contributed by atoms with Crippen molar-refractivity contribution in [2.75, 3.05) is 0 Å². The highest BCUT2D eigenvalue weighted by molar-refractivity contribution is 7.09. The molecule has 58 valence electrons. The Morgan fingerprint density at radius 1 is 1.73 bits per heavy atom. The van der Waals surface area contributed by atoms with Crippen LogP contribution < -0.4 is 0 Å². The molecule has 3 nitrogen and oxygen atoms in total. The first-order valence-electron chi connectivity index (χ1n) is 3.45. The largest absolute Gasteiger partial charge is 0.455 e. The molecule has 11 heavy (non-hydrogen) atoms. The van der Waals surface area contributed by atoms with E-state index in [1.807, 2.05) is 5.38 Å². The summed E-state index contributed by atoms with van der Waals surface area (Å²) in [7, 11) is 0. The van der Waals surface area contributed by atoms with Crippen LogP contribution in [0.1, 0.15) is 24.0 Å². The second-order valence-electron chi connectivity index (χ2n) is 2.39. The number of ether oxygens (including phenoxy) is 1. The van der Waals surface area contributed by atoms with E-state index in [1.54, 1.807) is 6.20 Å². The number of nitrogens with zero attached hydrogens (tertiary/aromatic N) is 1. The zero-order chi connectivity index (χ0) is 7.68. The van der Waals surface area contributed by atoms with E-state index in [1.165, 1.54) is 11.3 Å². The van der Waals surface area contributed by atoms with E-state index in [-0.39, 0.29) is 12.1 Å². The lowest BCUT2D eigenvalue weighted by Gasteiger charge is -2.02. The molecule has 0 bridgehead atoms. The molecule has 1 aromatic rings. The van der Waals surface area contributed by atoms with Gasteiger partial charge < -0.3 is 4.74 Å². The number of rotatable bonds is 1. The molecule has 0 unspecified atom stereocenters. The Morgan fingerprint density at radius 3 is 3.18 bits per heavy atom. The summed E-state index contributed by atoms with van der Waals surface area (Å²) in [5.41, 5.74) is 0. The van der Waals surface area contributed by atoms with Crippen molar-refractivity contribution in [3.8, 4) is 0 Å². The van der Waals surface area contributed by atoms with Gasteiger partial charge in [0.15, 0.2) is 6.10 Å². The summed E-state index contributed by atoms with van der Waals surface area (Å²) in [5, 5.41) is 2.80. The average molecular weight is 169 g/mol. The molecule has 0 amide bonds. The van der Waals surface area contributed by atoms with Crippen LogP contribution in [0.5, 0.6) is 0 Å². The molecular formula is C7H7NO2S. The van der Waals surface area contributed by atoms with Crippen molar-refractivity contribution in [3.05, 3.63) is 16.6 Å². The number of hydrogen-bond donors (Lipinski definition) is 0. The number of hydrogen-bond acceptors (Lipinski definition) is 4. The van der Waals surface area contributed by atoms with Gasteiger partial charge in [-0.3, -0.25) is 4.79 Å². The first-order valence-corrected chi connectivity index (χ1v) is 4.33. The SMILES string of the molecule is O=C1CC[C@@H](c2nccs2)O1. The van der Waals surface area contributed by atoms with Gasteiger partial charge >= 0.3 is 5.97 Å². The van der Waals surface area contributed by atoms with Crippen LogP contribution in [0.15, 0.2) is 11.6 Å². The summed E-state index contributed by atoms with van der Waals surface area (Å²) in [5.74, 6) is -0.106. The maximum absolute atomic E-state index is 10.7. The van der Waals surface area contributed by atoms with Crippen LogP contribution in [-0.2, 0) is 9.53 Å². The smallest absolute Gasteiger partial charge is 0.306 e. The molecule has 0 radical (unpaired) electrons. The number of aromatic nitrogens is 1. The molecule has 1 fully saturated rings. The molecule has 0 aliphatic carbocycles. The Kier molecular flexibility index (Phi) is 1.62. The topological polar surface area (TPSA) is 39.2 Å². The molecule has 2 heterocycles. The van der Waals surface area contributed by atoms with E-state index in [4.69, 9.17) is 4.74 Å². The minimum absolute atomic E-state index is 0.0671. The fourth-order valence-corrected chi connectivity index (χ4v) is 1.79. The maximum Gasteiger partial charge on any atom is 0.306 e. The highest BCUT2D eigenvalue weighted by atomic mass is 32.1. The van der Waals surface area contributed by atoms with Gasteiger partial charge in [0.2, 0.25) is 0 Å². The Bertz CT molecular complexity index is 257. The van der Waals surface area contributed by atoms with Crippen molar-refractivity contribution in [2.24, 2.45) is 0 Å². The van der Waals surface area contributed by atoms with Crippen LogP contribution in [0, 0.1) is 0 Å². The van der Waals surface area contributed by atoms with Gasteiger partial charge in [-0.2, -0.15) is 0 Å². The van der Waals surface area contributed by atoms with Crippen molar-refractivity contribution in [1.82, 2.24) is 4.98 Å². The molecule has 1 aliphatic rings. The summed E-state index contributed by atoms with van der Waals surface area (Å²) in [4.78, 5) is 14.8. The van der Waals surface area contributed by atoms with Gasteiger partial charge in [0.25, 0.3) is 0 Å². The lowest BCUT2D eigenvalue weighted by Crippen LogP contribution is -1.97. The van der Waals surface area contributed by atoms with Crippen LogP contribution in [0.2, 0.25) is 0 Å². The van der Waals surface area contributed by atoms with Crippen molar-refractivity contribution < 1.29 is 9.53 Å². The quantitative estimate of drug-likeness (QED) is 0.598. The van der Waals surface area contributed by atoms with Crippen LogP contribution in [0.3, 0.4) is 0 Å². The first kappa shape index (κ1) is 6.79. The second kappa shape index (κ2) is 2.62. The monoisotopic (exact) mass is 169 g/mol. The molecule has 0 N–H and O–H groups in total. The van der Waals surface area contributed by atoms with Crippen molar-refractivity contribution in [3.63, 3.8) is 0 Å². The normalized spacial score (nSPS) is 23.6. The van der Waals surface area contributed by atoms with Gasteiger partial charge in [0.1, 0.15) is 5.01 Å². The van der Waals surface area contributed by atoms with E-state index >= 15 is 0 Å². The molecule has 1 saturated heterocycles. The van der Waals surface area contributed by atoms with Crippen LogP contribution in [0.25, 0.3) is 0 Å². The van der Waals surface area contributed by atoms with E-state index in [0.29, 0.717) is 6.42 Å². The minimum Gasteiger partial charge on any atom is -0.455 e. The zero-order valence-corrected chi connectivity index (χ0v) is 6.63. The van der Waals surface area contributed by atoms with Gasteiger partial charge in [0, 0.05) is 24.4 Å². The molecular weight excluding hydrogens is 162 g/mol. The van der Waals surface area contributed by atoms with E-state index in [2.05, 4.69) is 4.98 Å². The van der Waals surface area contributed by atoms with Gasteiger partial charge in [-0.25, -0.2) is 4.98 Å². The van der Waals surface area contributed by atoms with Crippen LogP contribution in [-0.4, -0.2) is 11.0 Å². The lowest BCUT2D eigenvalue weighted by atomic mass is 10.2. The maximum atomic E-state index is 10.7. The number of carbonyl (C=O) groups excluding carboxylic acids is 1. The van der Waals surface area contributed by atoms with Gasteiger partial charge in [-0.05, 0) is 0 Å². The third-order valence-electron chi connectivity index (χ3n) is 1.61. The molecule has 1 aliphatic heterocycles. The van der Waals surface area contributed by atoms with Crippen LogP contribution in [0.4, 0.5) is 0 Å².